The van der Waals surface area contributed by atoms with E-state index in [0.717, 1.165) is 88.8 Å². The predicted molar refractivity (Wildman–Crippen MR) is 129 cm³/mol. The van der Waals surface area contributed by atoms with Gasteiger partial charge in [-0.25, -0.2) is 4.39 Å². The van der Waals surface area contributed by atoms with Gasteiger partial charge in [-0.2, -0.15) is 0 Å². The van der Waals surface area contributed by atoms with E-state index in [4.69, 9.17) is 4.79 Å². The molecule has 2 N–H and O–H groups in total. The number of likely N-dealkylation sites (tertiary alicyclic amines) is 2. The lowest BCUT2D eigenvalue weighted by Gasteiger charge is -2.37. The van der Waals surface area contributed by atoms with E-state index < -0.39 is 0 Å². The number of anilines is 1. The minimum atomic E-state index is -0.133. The minimum absolute atomic E-state index is 0.0242. The molecule has 2 amide bonds. The molecule has 2 saturated heterocycles. The fourth-order valence-corrected chi connectivity index (χ4v) is 4.61. The summed E-state index contributed by atoms with van der Waals surface area (Å²) in [6.07, 6.45) is 7.05. The van der Waals surface area contributed by atoms with Crippen LogP contribution in [0.2, 0.25) is 0 Å². The molecular weight excluding hydrogens is 423 g/mol. The van der Waals surface area contributed by atoms with E-state index in [1.807, 2.05) is 17.0 Å². The van der Waals surface area contributed by atoms with Crippen molar-refractivity contribution in [2.75, 3.05) is 51.6 Å². The second-order valence-electron chi connectivity index (χ2n) is 8.84. The number of carbonyl (C=O) groups excluding carboxylic acids is 3. The second kappa shape index (κ2) is 14.6. The summed E-state index contributed by atoms with van der Waals surface area (Å²) in [5, 5.41) is 5.80. The predicted octanol–water partition coefficient (Wildman–Crippen LogP) is 3.02. The molecule has 0 saturated carbocycles. The van der Waals surface area contributed by atoms with E-state index in [-0.39, 0.29) is 17.6 Å². The second-order valence-corrected chi connectivity index (χ2v) is 8.84. The van der Waals surface area contributed by atoms with Gasteiger partial charge in [-0.15, -0.1) is 0 Å². The molecule has 0 radical (unpaired) electrons. The summed E-state index contributed by atoms with van der Waals surface area (Å²) in [5.41, 5.74) is 1.59. The van der Waals surface area contributed by atoms with Crippen molar-refractivity contribution in [1.29, 1.82) is 0 Å². The highest BCUT2D eigenvalue weighted by Crippen LogP contribution is 2.32. The number of hydrogen-bond acceptors (Lipinski definition) is 5. The third-order valence-electron chi connectivity index (χ3n) is 6.53. The van der Waals surface area contributed by atoms with Crippen LogP contribution in [0.3, 0.4) is 0 Å². The molecule has 2 aliphatic rings. The van der Waals surface area contributed by atoms with Gasteiger partial charge >= 0.3 is 0 Å². The first kappa shape index (κ1) is 26.8. The largest absolute Gasteiger partial charge is 0.385 e. The van der Waals surface area contributed by atoms with Gasteiger partial charge in [-0.05, 0) is 81.6 Å². The number of nitrogens with one attached hydrogen (secondary N) is 2. The molecule has 0 spiro atoms. The third kappa shape index (κ3) is 9.12. The lowest BCUT2D eigenvalue weighted by atomic mass is 9.88. The van der Waals surface area contributed by atoms with Crippen LogP contribution in [0.5, 0.6) is 0 Å². The van der Waals surface area contributed by atoms with Crippen molar-refractivity contribution >= 4 is 24.3 Å². The highest BCUT2D eigenvalue weighted by Gasteiger charge is 2.26. The smallest absolute Gasteiger partial charge is 0.219 e. The molecule has 0 aliphatic carbocycles. The van der Waals surface area contributed by atoms with Crippen LogP contribution in [-0.2, 0) is 14.4 Å². The third-order valence-corrected chi connectivity index (χ3v) is 6.53. The van der Waals surface area contributed by atoms with Gasteiger partial charge in [0.1, 0.15) is 12.1 Å². The maximum absolute atomic E-state index is 14.7. The van der Waals surface area contributed by atoms with Gasteiger partial charge in [-0.1, -0.05) is 6.07 Å². The van der Waals surface area contributed by atoms with Crippen LogP contribution < -0.4 is 10.6 Å². The van der Waals surface area contributed by atoms with Crippen molar-refractivity contribution in [3.05, 3.63) is 29.6 Å². The Morgan fingerprint density at radius 1 is 1.12 bits per heavy atom. The maximum atomic E-state index is 14.7. The van der Waals surface area contributed by atoms with Crippen molar-refractivity contribution in [2.45, 2.75) is 51.4 Å². The Hall–Kier alpha value is -2.48. The number of aldehydes is 1. The standard InChI is InChI=1S/C23H35FN4O2.C2H4O/c1-25-23(30)3-2-10-26-20-4-5-21(22(24)15-20)19-8-13-27(14-9-19)16-18-6-11-28(17-29)12-7-18;1-2-3/h4-5,15,17-19,26H,2-3,6-14,16H2,1H3,(H,25,30);2H,1H3. The zero-order valence-corrected chi connectivity index (χ0v) is 20.0. The molecule has 0 aromatic heterocycles. The first-order chi connectivity index (χ1) is 16.0. The Bertz CT molecular complexity index is 745. The van der Waals surface area contributed by atoms with Crippen molar-refractivity contribution in [2.24, 2.45) is 5.92 Å². The quantitative estimate of drug-likeness (QED) is 0.436. The van der Waals surface area contributed by atoms with Crippen molar-refractivity contribution in [3.63, 3.8) is 0 Å². The molecule has 1 aromatic carbocycles. The first-order valence-electron chi connectivity index (χ1n) is 12.1. The molecule has 1 aromatic rings. The zero-order chi connectivity index (χ0) is 24.1. The van der Waals surface area contributed by atoms with Crippen LogP contribution in [0.25, 0.3) is 0 Å². The monoisotopic (exact) mass is 462 g/mol. The number of carbonyl (C=O) groups is 3. The average molecular weight is 463 g/mol. The summed E-state index contributed by atoms with van der Waals surface area (Å²) in [6, 6.07) is 5.46. The Morgan fingerprint density at radius 3 is 2.36 bits per heavy atom. The summed E-state index contributed by atoms with van der Waals surface area (Å²) < 4.78 is 14.7. The Morgan fingerprint density at radius 2 is 1.79 bits per heavy atom. The van der Waals surface area contributed by atoms with E-state index in [9.17, 15) is 14.0 Å². The number of piperidine rings is 2. The van der Waals surface area contributed by atoms with Gasteiger partial charge in [0, 0.05) is 45.3 Å². The summed E-state index contributed by atoms with van der Waals surface area (Å²) >= 11 is 0. The lowest BCUT2D eigenvalue weighted by molar-refractivity contribution is -0.121. The SMILES string of the molecule is CC=O.CNC(=O)CCCNc1ccc(C2CCN(CC3CCN(C=O)CC3)CC2)c(F)c1. The fourth-order valence-electron chi connectivity index (χ4n) is 4.61. The molecule has 2 fully saturated rings. The molecule has 2 heterocycles. The number of benzene rings is 1. The van der Waals surface area contributed by atoms with E-state index in [2.05, 4.69) is 15.5 Å². The number of hydrogen-bond donors (Lipinski definition) is 2. The van der Waals surface area contributed by atoms with E-state index in [1.165, 1.54) is 6.92 Å². The Kier molecular flexibility index (Phi) is 11.9. The van der Waals surface area contributed by atoms with Crippen LogP contribution in [0.4, 0.5) is 10.1 Å². The van der Waals surface area contributed by atoms with Gasteiger partial charge in [0.05, 0.1) is 0 Å². The number of nitrogens with zero attached hydrogens (tertiary/aromatic N) is 2. The van der Waals surface area contributed by atoms with Gasteiger partial charge in [0.15, 0.2) is 0 Å². The molecule has 33 heavy (non-hydrogen) atoms. The molecular formula is C25H39FN4O3. The van der Waals surface area contributed by atoms with Crippen LogP contribution >= 0.6 is 0 Å². The molecule has 8 heteroatoms. The number of amides is 2. The summed E-state index contributed by atoms with van der Waals surface area (Å²) in [7, 11) is 1.63. The normalized spacial score (nSPS) is 17.6. The van der Waals surface area contributed by atoms with Gasteiger partial charge in [-0.3, -0.25) is 9.59 Å². The van der Waals surface area contributed by atoms with Crippen molar-refractivity contribution in [3.8, 4) is 0 Å². The van der Waals surface area contributed by atoms with Crippen LogP contribution in [0.1, 0.15) is 56.9 Å². The molecule has 0 atom stereocenters. The Labute approximate surface area is 197 Å². The van der Waals surface area contributed by atoms with Crippen LogP contribution in [0.15, 0.2) is 18.2 Å². The minimum Gasteiger partial charge on any atom is -0.385 e. The highest BCUT2D eigenvalue weighted by molar-refractivity contribution is 5.75. The van der Waals surface area contributed by atoms with Crippen molar-refractivity contribution < 1.29 is 18.8 Å². The zero-order valence-electron chi connectivity index (χ0n) is 20.0. The number of rotatable bonds is 9. The van der Waals surface area contributed by atoms with Gasteiger partial charge in [0.2, 0.25) is 12.3 Å². The Balaban J connectivity index is 0.00000122. The van der Waals surface area contributed by atoms with E-state index >= 15 is 0 Å². The molecule has 0 unspecified atom stereocenters. The number of halogens is 1. The summed E-state index contributed by atoms with van der Waals surface area (Å²) in [6.45, 7) is 6.97. The molecule has 184 valence electrons. The molecule has 0 bridgehead atoms. The van der Waals surface area contributed by atoms with E-state index in [1.54, 1.807) is 13.1 Å². The molecule has 3 rings (SSSR count). The van der Waals surface area contributed by atoms with E-state index in [0.29, 0.717) is 18.9 Å². The molecule has 7 nitrogen and oxygen atoms in total. The van der Waals surface area contributed by atoms with Gasteiger partial charge in [0.25, 0.3) is 0 Å². The van der Waals surface area contributed by atoms with Crippen molar-refractivity contribution in [1.82, 2.24) is 15.1 Å². The van der Waals surface area contributed by atoms with Crippen LogP contribution in [-0.4, -0.2) is 74.7 Å². The highest BCUT2D eigenvalue weighted by atomic mass is 19.1. The summed E-state index contributed by atoms with van der Waals surface area (Å²) in [5.74, 6) is 0.839. The summed E-state index contributed by atoms with van der Waals surface area (Å²) in [4.78, 5) is 35.3. The topological polar surface area (TPSA) is 81.8 Å². The van der Waals surface area contributed by atoms with Crippen LogP contribution in [0, 0.1) is 11.7 Å². The lowest BCUT2D eigenvalue weighted by Crippen LogP contribution is -2.41. The van der Waals surface area contributed by atoms with Gasteiger partial charge < -0.3 is 25.2 Å². The first-order valence-corrected chi connectivity index (χ1v) is 12.1. The average Bonchev–Trinajstić information content (AvgIpc) is 2.83. The maximum Gasteiger partial charge on any atom is 0.219 e. The molecule has 2 aliphatic heterocycles. The fraction of sp³-hybridized carbons (Fsp3) is 0.640.